The summed E-state index contributed by atoms with van der Waals surface area (Å²) in [7, 11) is 1.22. The molecule has 0 aromatic heterocycles. The van der Waals surface area contributed by atoms with Crippen LogP contribution in [0.1, 0.15) is 26.7 Å². The number of aliphatic carboxylic acids is 1. The van der Waals surface area contributed by atoms with E-state index in [1.54, 1.807) is 6.08 Å². The molecule has 0 saturated heterocycles. The normalized spacial score (nSPS) is 11.6. The van der Waals surface area contributed by atoms with Crippen molar-refractivity contribution < 1.29 is 24.2 Å². The number of rotatable bonds is 8. The number of esters is 1. The smallest absolute Gasteiger partial charge is 0.326 e. The predicted molar refractivity (Wildman–Crippen MR) is 73.2 cm³/mol. The van der Waals surface area contributed by atoms with Crippen LogP contribution in [0.2, 0.25) is 0 Å². The number of carboxylic acid groups (broad SMARTS) is 1. The quantitative estimate of drug-likeness (QED) is 0.512. The van der Waals surface area contributed by atoms with Crippen molar-refractivity contribution >= 4 is 18.0 Å². The van der Waals surface area contributed by atoms with Gasteiger partial charge in [0.15, 0.2) is 0 Å². The van der Waals surface area contributed by atoms with E-state index in [9.17, 15) is 14.4 Å². The van der Waals surface area contributed by atoms with Crippen molar-refractivity contribution in [2.24, 2.45) is 0 Å². The molecule has 0 fully saturated rings. The second kappa shape index (κ2) is 8.95. The molecule has 0 heterocycles. The Morgan fingerprint density at radius 1 is 1.40 bits per heavy atom. The second-order valence-electron chi connectivity index (χ2n) is 4.49. The Morgan fingerprint density at radius 3 is 2.40 bits per heavy atom. The zero-order chi connectivity index (χ0) is 15.7. The van der Waals surface area contributed by atoms with E-state index in [4.69, 9.17) is 5.11 Å². The number of carbonyl (C=O) groups is 3. The number of hydrogen-bond acceptors (Lipinski definition) is 4. The van der Waals surface area contributed by atoms with Crippen LogP contribution >= 0.6 is 0 Å². The van der Waals surface area contributed by atoms with Gasteiger partial charge in [-0.1, -0.05) is 6.08 Å². The van der Waals surface area contributed by atoms with E-state index in [0.29, 0.717) is 6.54 Å². The molecule has 0 aromatic rings. The minimum absolute atomic E-state index is 0.0201. The lowest BCUT2D eigenvalue weighted by Crippen LogP contribution is -2.50. The molecule has 2 N–H and O–H groups in total. The molecule has 0 aromatic carbocycles. The monoisotopic (exact) mass is 286 g/mol. The summed E-state index contributed by atoms with van der Waals surface area (Å²) in [4.78, 5) is 35.5. The highest BCUT2D eigenvalue weighted by molar-refractivity contribution is 5.83. The average molecular weight is 286 g/mol. The molecule has 2 amide bonds. The first kappa shape index (κ1) is 17.9. The van der Waals surface area contributed by atoms with Crippen molar-refractivity contribution in [3.63, 3.8) is 0 Å². The molecular weight excluding hydrogens is 264 g/mol. The maximum atomic E-state index is 12.0. The number of urea groups is 1. The van der Waals surface area contributed by atoms with Crippen LogP contribution in [0.5, 0.6) is 0 Å². The Balaban J connectivity index is 4.64. The second-order valence-corrected chi connectivity index (χ2v) is 4.49. The minimum Gasteiger partial charge on any atom is -0.480 e. The fraction of sp³-hybridized carbons (Fsp3) is 0.615. The molecule has 0 rings (SSSR count). The van der Waals surface area contributed by atoms with Crippen molar-refractivity contribution in [3.8, 4) is 0 Å². The van der Waals surface area contributed by atoms with Crippen LogP contribution in [-0.4, -0.2) is 53.7 Å². The van der Waals surface area contributed by atoms with Gasteiger partial charge in [-0.3, -0.25) is 4.79 Å². The maximum absolute atomic E-state index is 12.0. The Bertz CT molecular complexity index is 368. The Kier molecular flexibility index (Phi) is 8.03. The van der Waals surface area contributed by atoms with Crippen LogP contribution in [0.15, 0.2) is 12.7 Å². The average Bonchev–Trinajstić information content (AvgIpc) is 2.39. The summed E-state index contributed by atoms with van der Waals surface area (Å²) in [5, 5.41) is 11.4. The van der Waals surface area contributed by atoms with Crippen molar-refractivity contribution in [2.45, 2.75) is 38.8 Å². The predicted octanol–water partition coefficient (Wildman–Crippen LogP) is 0.999. The molecule has 0 unspecified atom stereocenters. The number of carboxylic acids is 1. The van der Waals surface area contributed by atoms with E-state index in [1.165, 1.54) is 12.0 Å². The fourth-order valence-corrected chi connectivity index (χ4v) is 1.52. The van der Waals surface area contributed by atoms with Gasteiger partial charge in [0.05, 0.1) is 7.11 Å². The summed E-state index contributed by atoms with van der Waals surface area (Å²) >= 11 is 0. The van der Waals surface area contributed by atoms with E-state index < -0.39 is 24.0 Å². The largest absolute Gasteiger partial charge is 0.480 e. The maximum Gasteiger partial charge on any atom is 0.326 e. The van der Waals surface area contributed by atoms with E-state index in [-0.39, 0.29) is 18.9 Å². The highest BCUT2D eigenvalue weighted by atomic mass is 16.5. The van der Waals surface area contributed by atoms with Gasteiger partial charge in [0, 0.05) is 19.0 Å². The van der Waals surface area contributed by atoms with Gasteiger partial charge in [0.25, 0.3) is 0 Å². The molecule has 0 aliphatic heterocycles. The zero-order valence-electron chi connectivity index (χ0n) is 12.1. The molecule has 0 bridgehead atoms. The number of carbonyl (C=O) groups excluding carboxylic acids is 2. The van der Waals surface area contributed by atoms with Gasteiger partial charge in [-0.25, -0.2) is 9.59 Å². The number of nitrogens with one attached hydrogen (secondary N) is 1. The third-order valence-electron chi connectivity index (χ3n) is 2.67. The van der Waals surface area contributed by atoms with Gasteiger partial charge in [-0.05, 0) is 20.3 Å². The highest BCUT2D eigenvalue weighted by Gasteiger charge is 2.24. The van der Waals surface area contributed by atoms with E-state index >= 15 is 0 Å². The summed E-state index contributed by atoms with van der Waals surface area (Å²) in [6, 6.07) is -1.73. The standard InChI is InChI=1S/C13H22N2O5/c1-5-8-15(9(2)3)13(19)14-10(12(17)18)6-7-11(16)20-4/h5,9-10H,1,6-8H2,2-4H3,(H,14,19)(H,17,18)/t10-/m0/s1. The van der Waals surface area contributed by atoms with Gasteiger partial charge in [-0.2, -0.15) is 0 Å². The van der Waals surface area contributed by atoms with Crippen molar-refractivity contribution in [1.82, 2.24) is 10.2 Å². The minimum atomic E-state index is -1.19. The summed E-state index contributed by atoms with van der Waals surface area (Å²) in [6.07, 6.45) is 1.47. The van der Waals surface area contributed by atoms with Gasteiger partial charge in [-0.15, -0.1) is 6.58 Å². The molecule has 0 radical (unpaired) electrons. The molecule has 0 aliphatic carbocycles. The lowest BCUT2D eigenvalue weighted by molar-refractivity contribution is -0.142. The number of ether oxygens (including phenoxy) is 1. The van der Waals surface area contributed by atoms with Gasteiger partial charge < -0.3 is 20.1 Å². The summed E-state index contributed by atoms with van der Waals surface area (Å²) in [6.45, 7) is 7.49. The Hall–Kier alpha value is -2.05. The van der Waals surface area contributed by atoms with Gasteiger partial charge in [0.2, 0.25) is 0 Å². The SMILES string of the molecule is C=CCN(C(=O)N[C@@H](CCC(=O)OC)C(=O)O)C(C)C. The summed E-state index contributed by atoms with van der Waals surface area (Å²) in [5.41, 5.74) is 0. The van der Waals surface area contributed by atoms with Gasteiger partial charge >= 0.3 is 18.0 Å². The van der Waals surface area contributed by atoms with Crippen LogP contribution < -0.4 is 5.32 Å². The van der Waals surface area contributed by atoms with Crippen LogP contribution in [0.25, 0.3) is 0 Å². The molecule has 114 valence electrons. The van der Waals surface area contributed by atoms with Crippen molar-refractivity contribution in [1.29, 1.82) is 0 Å². The van der Waals surface area contributed by atoms with Crippen molar-refractivity contribution in [3.05, 3.63) is 12.7 Å². The molecule has 7 heteroatoms. The van der Waals surface area contributed by atoms with Crippen LogP contribution in [-0.2, 0) is 14.3 Å². The van der Waals surface area contributed by atoms with Crippen molar-refractivity contribution in [2.75, 3.05) is 13.7 Å². The summed E-state index contributed by atoms with van der Waals surface area (Å²) in [5.74, 6) is -1.71. The lowest BCUT2D eigenvalue weighted by Gasteiger charge is -2.27. The molecule has 0 aliphatic rings. The lowest BCUT2D eigenvalue weighted by atomic mass is 10.1. The first-order valence-corrected chi connectivity index (χ1v) is 6.31. The molecule has 0 spiro atoms. The number of hydrogen-bond donors (Lipinski definition) is 2. The summed E-state index contributed by atoms with van der Waals surface area (Å²) < 4.78 is 4.44. The number of nitrogens with zero attached hydrogens (tertiary/aromatic N) is 1. The van der Waals surface area contributed by atoms with Gasteiger partial charge in [0.1, 0.15) is 6.04 Å². The fourth-order valence-electron chi connectivity index (χ4n) is 1.52. The van der Waals surface area contributed by atoms with E-state index in [2.05, 4.69) is 16.6 Å². The Labute approximate surface area is 118 Å². The molecule has 7 nitrogen and oxygen atoms in total. The first-order valence-electron chi connectivity index (χ1n) is 6.31. The van der Waals surface area contributed by atoms with E-state index in [0.717, 1.165) is 0 Å². The molecule has 20 heavy (non-hydrogen) atoms. The third-order valence-corrected chi connectivity index (χ3v) is 2.67. The molecule has 1 atom stereocenters. The van der Waals surface area contributed by atoms with Crippen LogP contribution in [0.3, 0.4) is 0 Å². The number of methoxy groups -OCH3 is 1. The Morgan fingerprint density at radius 2 is 2.00 bits per heavy atom. The number of amides is 2. The molecular formula is C13H22N2O5. The van der Waals surface area contributed by atoms with Crippen LogP contribution in [0, 0.1) is 0 Å². The van der Waals surface area contributed by atoms with Crippen LogP contribution in [0.4, 0.5) is 4.79 Å². The zero-order valence-corrected chi connectivity index (χ0v) is 12.1. The van der Waals surface area contributed by atoms with E-state index in [1.807, 2.05) is 13.8 Å². The highest BCUT2D eigenvalue weighted by Crippen LogP contribution is 2.04. The third kappa shape index (κ3) is 6.21. The molecule has 0 saturated carbocycles. The first-order chi connectivity index (χ1) is 9.33. The topological polar surface area (TPSA) is 95.9 Å².